The summed E-state index contributed by atoms with van der Waals surface area (Å²) in [6, 6.07) is 4.27. The van der Waals surface area contributed by atoms with Crippen molar-refractivity contribution in [2.45, 2.75) is 0 Å². The van der Waals surface area contributed by atoms with Gasteiger partial charge in [-0.3, -0.25) is 0 Å². The van der Waals surface area contributed by atoms with Gasteiger partial charge in [0.25, 0.3) is 0 Å². The van der Waals surface area contributed by atoms with E-state index in [0.717, 1.165) is 10.9 Å². The second-order valence-electron chi connectivity index (χ2n) is 2.95. The SMILES string of the molecule is O=C(O)c1cn(-c2cc(Br)ccc2F)nn1. The predicted molar refractivity (Wildman–Crippen MR) is 56.0 cm³/mol. The molecule has 0 saturated carbocycles. The monoisotopic (exact) mass is 285 g/mol. The molecule has 0 fully saturated rings. The first-order valence-electron chi connectivity index (χ1n) is 4.19. The number of halogens is 2. The van der Waals surface area contributed by atoms with Gasteiger partial charge in [-0.15, -0.1) is 5.10 Å². The number of carbonyl (C=O) groups is 1. The van der Waals surface area contributed by atoms with E-state index in [4.69, 9.17) is 5.11 Å². The lowest BCUT2D eigenvalue weighted by molar-refractivity contribution is 0.0690. The van der Waals surface area contributed by atoms with E-state index in [1.54, 1.807) is 0 Å². The number of hydrogen-bond acceptors (Lipinski definition) is 3. The molecule has 0 amide bonds. The maximum Gasteiger partial charge on any atom is 0.358 e. The van der Waals surface area contributed by atoms with Gasteiger partial charge >= 0.3 is 5.97 Å². The number of benzene rings is 1. The van der Waals surface area contributed by atoms with Crippen molar-refractivity contribution in [3.8, 4) is 5.69 Å². The minimum absolute atomic E-state index is 0.134. The average molecular weight is 286 g/mol. The lowest BCUT2D eigenvalue weighted by Gasteiger charge is -2.01. The van der Waals surface area contributed by atoms with E-state index in [1.807, 2.05) is 0 Å². The molecular weight excluding hydrogens is 281 g/mol. The van der Waals surface area contributed by atoms with Crippen LogP contribution in [-0.4, -0.2) is 26.1 Å². The zero-order chi connectivity index (χ0) is 11.7. The maximum absolute atomic E-state index is 13.4. The Morgan fingerprint density at radius 3 is 2.88 bits per heavy atom. The Morgan fingerprint density at radius 2 is 2.25 bits per heavy atom. The van der Waals surface area contributed by atoms with Gasteiger partial charge < -0.3 is 5.11 Å². The van der Waals surface area contributed by atoms with Crippen molar-refractivity contribution in [1.82, 2.24) is 15.0 Å². The molecule has 1 aromatic heterocycles. The Balaban J connectivity index is 2.50. The van der Waals surface area contributed by atoms with E-state index in [1.165, 1.54) is 18.2 Å². The topological polar surface area (TPSA) is 68.0 Å². The lowest BCUT2D eigenvalue weighted by Crippen LogP contribution is -1.98. The second kappa shape index (κ2) is 4.01. The fourth-order valence-electron chi connectivity index (χ4n) is 1.14. The predicted octanol–water partition coefficient (Wildman–Crippen LogP) is 1.87. The second-order valence-corrected chi connectivity index (χ2v) is 3.86. The summed E-state index contributed by atoms with van der Waals surface area (Å²) in [6.07, 6.45) is 1.15. The van der Waals surface area contributed by atoms with Crippen LogP contribution in [0.15, 0.2) is 28.9 Å². The lowest BCUT2D eigenvalue weighted by atomic mass is 10.3. The third-order valence-corrected chi connectivity index (χ3v) is 2.36. The molecule has 0 radical (unpaired) electrons. The summed E-state index contributed by atoms with van der Waals surface area (Å²) < 4.78 is 15.1. The molecule has 5 nitrogen and oxygen atoms in total. The van der Waals surface area contributed by atoms with Crippen LogP contribution in [0.5, 0.6) is 0 Å². The van der Waals surface area contributed by atoms with Crippen LogP contribution < -0.4 is 0 Å². The number of nitrogens with zero attached hydrogens (tertiary/aromatic N) is 3. The molecule has 0 unspecified atom stereocenters. The Bertz CT molecular complexity index is 555. The summed E-state index contributed by atoms with van der Waals surface area (Å²) in [4.78, 5) is 10.6. The summed E-state index contributed by atoms with van der Waals surface area (Å²) in [7, 11) is 0. The molecule has 1 N–H and O–H groups in total. The zero-order valence-electron chi connectivity index (χ0n) is 7.76. The molecule has 0 saturated heterocycles. The quantitative estimate of drug-likeness (QED) is 0.915. The van der Waals surface area contributed by atoms with Gasteiger partial charge in [-0.05, 0) is 18.2 Å². The van der Waals surface area contributed by atoms with Gasteiger partial charge in [-0.25, -0.2) is 13.9 Å². The normalized spacial score (nSPS) is 10.4. The molecule has 2 aromatic rings. The smallest absolute Gasteiger partial charge is 0.358 e. The number of aromatic carboxylic acids is 1. The minimum atomic E-state index is -1.21. The van der Waals surface area contributed by atoms with Crippen LogP contribution in [0.25, 0.3) is 5.69 Å². The number of aromatic nitrogens is 3. The van der Waals surface area contributed by atoms with Crippen molar-refractivity contribution in [2.75, 3.05) is 0 Å². The number of carboxylic acid groups (broad SMARTS) is 1. The van der Waals surface area contributed by atoms with Crippen LogP contribution in [0.2, 0.25) is 0 Å². The average Bonchev–Trinajstić information content (AvgIpc) is 2.70. The Labute approximate surface area is 97.6 Å². The highest BCUT2D eigenvalue weighted by molar-refractivity contribution is 9.10. The van der Waals surface area contributed by atoms with Crippen LogP contribution >= 0.6 is 15.9 Å². The van der Waals surface area contributed by atoms with E-state index >= 15 is 0 Å². The van der Waals surface area contributed by atoms with Gasteiger partial charge in [0.1, 0.15) is 11.5 Å². The standard InChI is InChI=1S/C9H5BrFN3O2/c10-5-1-2-6(11)8(3-5)14-4-7(9(15)16)12-13-14/h1-4H,(H,15,16). The van der Waals surface area contributed by atoms with Crippen molar-refractivity contribution in [3.63, 3.8) is 0 Å². The van der Waals surface area contributed by atoms with Crippen LogP contribution in [0, 0.1) is 5.82 Å². The molecule has 0 aliphatic heterocycles. The van der Waals surface area contributed by atoms with E-state index in [2.05, 4.69) is 26.2 Å². The van der Waals surface area contributed by atoms with Gasteiger partial charge in [-0.1, -0.05) is 21.1 Å². The molecule has 0 spiro atoms. The Hall–Kier alpha value is -1.76. The van der Waals surface area contributed by atoms with Crippen molar-refractivity contribution in [3.05, 3.63) is 40.4 Å². The van der Waals surface area contributed by atoms with Gasteiger partial charge in [0, 0.05) is 4.47 Å². The van der Waals surface area contributed by atoms with Crippen molar-refractivity contribution in [1.29, 1.82) is 0 Å². The molecule has 0 atom stereocenters. The van der Waals surface area contributed by atoms with Crippen molar-refractivity contribution < 1.29 is 14.3 Å². The first kappa shape index (κ1) is 10.7. The highest BCUT2D eigenvalue weighted by Crippen LogP contribution is 2.18. The molecule has 82 valence electrons. The fraction of sp³-hybridized carbons (Fsp3) is 0. The molecule has 7 heteroatoms. The van der Waals surface area contributed by atoms with E-state index in [9.17, 15) is 9.18 Å². The van der Waals surface area contributed by atoms with Crippen LogP contribution in [-0.2, 0) is 0 Å². The number of rotatable bonds is 2. The first-order valence-corrected chi connectivity index (χ1v) is 4.98. The fourth-order valence-corrected chi connectivity index (χ4v) is 1.49. The van der Waals surface area contributed by atoms with Gasteiger partial charge in [-0.2, -0.15) is 0 Å². The van der Waals surface area contributed by atoms with Crippen LogP contribution in [0.3, 0.4) is 0 Å². The third kappa shape index (κ3) is 1.94. The third-order valence-electron chi connectivity index (χ3n) is 1.87. The molecule has 1 heterocycles. The Kier molecular flexibility index (Phi) is 2.69. The largest absolute Gasteiger partial charge is 0.476 e. The van der Waals surface area contributed by atoms with Gasteiger partial charge in [0.05, 0.1) is 6.20 Å². The molecular formula is C9H5BrFN3O2. The highest BCUT2D eigenvalue weighted by atomic mass is 79.9. The molecule has 16 heavy (non-hydrogen) atoms. The number of carboxylic acids is 1. The molecule has 0 aliphatic carbocycles. The van der Waals surface area contributed by atoms with Crippen molar-refractivity contribution >= 4 is 21.9 Å². The van der Waals surface area contributed by atoms with Crippen LogP contribution in [0.1, 0.15) is 10.5 Å². The van der Waals surface area contributed by atoms with Gasteiger partial charge in [0.15, 0.2) is 5.69 Å². The zero-order valence-corrected chi connectivity index (χ0v) is 9.35. The summed E-state index contributed by atoms with van der Waals surface area (Å²) in [5, 5.41) is 15.6. The van der Waals surface area contributed by atoms with Crippen LogP contribution in [0.4, 0.5) is 4.39 Å². The van der Waals surface area contributed by atoms with Crippen molar-refractivity contribution in [2.24, 2.45) is 0 Å². The van der Waals surface area contributed by atoms with E-state index in [-0.39, 0.29) is 11.4 Å². The van der Waals surface area contributed by atoms with E-state index < -0.39 is 11.8 Å². The van der Waals surface area contributed by atoms with E-state index in [0.29, 0.717) is 4.47 Å². The summed E-state index contributed by atoms with van der Waals surface area (Å²) in [5.41, 5.74) is -0.103. The summed E-state index contributed by atoms with van der Waals surface area (Å²) in [5.74, 6) is -1.72. The molecule has 1 aromatic carbocycles. The first-order chi connectivity index (χ1) is 7.58. The molecule has 2 rings (SSSR count). The summed E-state index contributed by atoms with van der Waals surface area (Å²) in [6.45, 7) is 0. The Morgan fingerprint density at radius 1 is 1.50 bits per heavy atom. The highest BCUT2D eigenvalue weighted by Gasteiger charge is 2.12. The summed E-state index contributed by atoms with van der Waals surface area (Å²) >= 11 is 3.18. The number of hydrogen-bond donors (Lipinski definition) is 1. The maximum atomic E-state index is 13.4. The van der Waals surface area contributed by atoms with Gasteiger partial charge in [0.2, 0.25) is 0 Å². The molecule has 0 bridgehead atoms. The minimum Gasteiger partial charge on any atom is -0.476 e. The molecule has 0 aliphatic rings.